The maximum absolute atomic E-state index is 13.5. The predicted molar refractivity (Wildman–Crippen MR) is 72.1 cm³/mol. The number of alkyl halides is 3. The van der Waals surface area contributed by atoms with Crippen LogP contribution in [0.15, 0.2) is 12.1 Å². The van der Waals surface area contributed by atoms with Crippen LogP contribution in [-0.2, 0) is 0 Å². The van der Waals surface area contributed by atoms with Crippen molar-refractivity contribution in [3.63, 3.8) is 0 Å². The summed E-state index contributed by atoms with van der Waals surface area (Å²) in [6.45, 7) is 0.435. The first kappa shape index (κ1) is 15.7. The van der Waals surface area contributed by atoms with Crippen molar-refractivity contribution < 1.29 is 22.3 Å². The van der Waals surface area contributed by atoms with Gasteiger partial charge in [-0.15, -0.1) is 0 Å². The van der Waals surface area contributed by atoms with E-state index in [2.05, 4.69) is 0 Å². The molecule has 1 fully saturated rings. The Morgan fingerprint density at radius 3 is 2.33 bits per heavy atom. The quantitative estimate of drug-likeness (QED) is 0.686. The minimum absolute atomic E-state index is 0.0666. The number of benzene rings is 1. The average molecular weight is 307 g/mol. The smallest absolute Gasteiger partial charge is 0.401 e. The predicted octanol–water partition coefficient (Wildman–Crippen LogP) is 2.10. The second-order valence-electron chi connectivity index (χ2n) is 4.92. The van der Waals surface area contributed by atoms with Crippen molar-refractivity contribution in [3.8, 4) is 5.75 Å². The molecule has 1 aliphatic heterocycles. The number of hydrogen-bond donors (Lipinski definition) is 1. The number of nitrogen functional groups attached to an aromatic ring is 1. The van der Waals surface area contributed by atoms with E-state index in [1.807, 2.05) is 4.90 Å². The topological polar surface area (TPSA) is 41.7 Å². The van der Waals surface area contributed by atoms with Crippen molar-refractivity contribution in [2.24, 2.45) is 0 Å². The first-order chi connectivity index (χ1) is 9.80. The van der Waals surface area contributed by atoms with Crippen LogP contribution in [-0.4, -0.2) is 50.9 Å². The molecule has 1 aromatic carbocycles. The Balaban J connectivity index is 2.05. The number of hydrogen-bond acceptors (Lipinski definition) is 4. The van der Waals surface area contributed by atoms with Crippen molar-refractivity contribution >= 4 is 11.4 Å². The fourth-order valence-corrected chi connectivity index (χ4v) is 2.39. The Bertz CT molecular complexity index is 499. The third-order valence-corrected chi connectivity index (χ3v) is 3.42. The van der Waals surface area contributed by atoms with E-state index in [9.17, 15) is 17.6 Å². The summed E-state index contributed by atoms with van der Waals surface area (Å²) in [6.07, 6.45) is -4.19. The number of anilines is 2. The fraction of sp³-hybridized carbons (Fsp3) is 0.538. The summed E-state index contributed by atoms with van der Waals surface area (Å²) >= 11 is 0. The van der Waals surface area contributed by atoms with E-state index in [-0.39, 0.29) is 24.5 Å². The van der Waals surface area contributed by atoms with Gasteiger partial charge in [0, 0.05) is 38.3 Å². The molecule has 0 aromatic heterocycles. The van der Waals surface area contributed by atoms with Crippen LogP contribution in [0, 0.1) is 5.82 Å². The van der Waals surface area contributed by atoms with Crippen LogP contribution >= 0.6 is 0 Å². The molecule has 0 amide bonds. The van der Waals surface area contributed by atoms with Gasteiger partial charge >= 0.3 is 6.18 Å². The fourth-order valence-electron chi connectivity index (χ4n) is 2.39. The highest BCUT2D eigenvalue weighted by atomic mass is 19.4. The molecule has 4 nitrogen and oxygen atoms in total. The summed E-state index contributed by atoms with van der Waals surface area (Å²) in [5, 5.41) is 0. The second kappa shape index (κ2) is 5.97. The Morgan fingerprint density at radius 1 is 1.19 bits per heavy atom. The van der Waals surface area contributed by atoms with Gasteiger partial charge in [0.2, 0.25) is 0 Å². The molecule has 118 valence electrons. The maximum Gasteiger partial charge on any atom is 0.401 e. The molecule has 0 saturated carbocycles. The lowest BCUT2D eigenvalue weighted by Gasteiger charge is -2.36. The lowest BCUT2D eigenvalue weighted by molar-refractivity contribution is -0.146. The van der Waals surface area contributed by atoms with Gasteiger partial charge in [0.1, 0.15) is 0 Å². The number of methoxy groups -OCH3 is 1. The van der Waals surface area contributed by atoms with Crippen LogP contribution in [0.4, 0.5) is 28.9 Å². The molecule has 2 N–H and O–H groups in total. The van der Waals surface area contributed by atoms with Gasteiger partial charge in [0.25, 0.3) is 0 Å². The average Bonchev–Trinajstić information content (AvgIpc) is 2.38. The number of ether oxygens (including phenoxy) is 1. The molecule has 1 aromatic rings. The van der Waals surface area contributed by atoms with E-state index < -0.39 is 18.5 Å². The van der Waals surface area contributed by atoms with Crippen molar-refractivity contribution in [1.82, 2.24) is 4.90 Å². The van der Waals surface area contributed by atoms with Crippen molar-refractivity contribution in [3.05, 3.63) is 17.9 Å². The first-order valence-corrected chi connectivity index (χ1v) is 6.47. The number of halogens is 4. The first-order valence-electron chi connectivity index (χ1n) is 6.47. The molecule has 0 spiro atoms. The van der Waals surface area contributed by atoms with E-state index in [1.54, 1.807) is 0 Å². The summed E-state index contributed by atoms with van der Waals surface area (Å²) in [6, 6.07) is 2.64. The summed E-state index contributed by atoms with van der Waals surface area (Å²) in [5.41, 5.74) is 6.61. The molecule has 0 atom stereocenters. The van der Waals surface area contributed by atoms with E-state index >= 15 is 0 Å². The highest BCUT2D eigenvalue weighted by Crippen LogP contribution is 2.31. The van der Waals surface area contributed by atoms with Crippen molar-refractivity contribution in [2.45, 2.75) is 6.18 Å². The zero-order chi connectivity index (χ0) is 15.6. The SMILES string of the molecule is COc1cc(N2CCN(CC(F)(F)F)CC2)c(N)cc1F. The third-order valence-electron chi connectivity index (χ3n) is 3.42. The second-order valence-corrected chi connectivity index (χ2v) is 4.92. The Kier molecular flexibility index (Phi) is 4.46. The zero-order valence-corrected chi connectivity index (χ0v) is 11.6. The largest absolute Gasteiger partial charge is 0.494 e. The molecule has 1 aliphatic rings. The molecule has 0 unspecified atom stereocenters. The van der Waals surface area contributed by atoms with Crippen LogP contribution in [0.3, 0.4) is 0 Å². The lowest BCUT2D eigenvalue weighted by Crippen LogP contribution is -2.49. The standard InChI is InChI=1S/C13H17F4N3O/c1-21-12-7-11(10(18)6-9(12)14)20-4-2-19(3-5-20)8-13(15,16)17/h6-7H,2-5,8,18H2,1H3. The molecule has 1 saturated heterocycles. The van der Waals surface area contributed by atoms with Gasteiger partial charge in [0.15, 0.2) is 11.6 Å². The van der Waals surface area contributed by atoms with Crippen LogP contribution in [0.1, 0.15) is 0 Å². The van der Waals surface area contributed by atoms with Crippen molar-refractivity contribution in [1.29, 1.82) is 0 Å². The molecule has 2 rings (SSSR count). The molecular weight excluding hydrogens is 290 g/mol. The van der Waals surface area contributed by atoms with Gasteiger partial charge in [-0.1, -0.05) is 0 Å². The summed E-state index contributed by atoms with van der Waals surface area (Å²) < 4.78 is 55.4. The van der Waals surface area contributed by atoms with Gasteiger partial charge in [0.05, 0.1) is 25.0 Å². The van der Waals surface area contributed by atoms with Crippen LogP contribution in [0.5, 0.6) is 5.75 Å². The summed E-state index contributed by atoms with van der Waals surface area (Å²) in [7, 11) is 1.35. The number of piperazine rings is 1. The molecule has 8 heteroatoms. The van der Waals surface area contributed by atoms with Gasteiger partial charge in [-0.25, -0.2) is 4.39 Å². The highest BCUT2D eigenvalue weighted by molar-refractivity contribution is 5.70. The molecular formula is C13H17F4N3O. The minimum Gasteiger partial charge on any atom is -0.494 e. The zero-order valence-electron chi connectivity index (χ0n) is 11.6. The Labute approximate surface area is 120 Å². The molecule has 0 radical (unpaired) electrons. The Hall–Kier alpha value is -1.70. The minimum atomic E-state index is -4.19. The van der Waals surface area contributed by atoms with Gasteiger partial charge in [-0.05, 0) is 0 Å². The normalized spacial score (nSPS) is 17.1. The van der Waals surface area contributed by atoms with Crippen molar-refractivity contribution in [2.75, 3.05) is 50.5 Å². The van der Waals surface area contributed by atoms with Crippen LogP contribution in [0.2, 0.25) is 0 Å². The van der Waals surface area contributed by atoms with Crippen LogP contribution < -0.4 is 15.4 Å². The monoisotopic (exact) mass is 307 g/mol. The van der Waals surface area contributed by atoms with Gasteiger partial charge in [-0.3, -0.25) is 4.90 Å². The lowest BCUT2D eigenvalue weighted by atomic mass is 10.2. The van der Waals surface area contributed by atoms with E-state index in [0.717, 1.165) is 6.07 Å². The van der Waals surface area contributed by atoms with Gasteiger partial charge < -0.3 is 15.4 Å². The highest BCUT2D eigenvalue weighted by Gasteiger charge is 2.32. The molecule has 0 bridgehead atoms. The van der Waals surface area contributed by atoms with E-state index in [0.29, 0.717) is 18.8 Å². The number of nitrogens with two attached hydrogens (primary N) is 1. The third kappa shape index (κ3) is 3.90. The molecule has 21 heavy (non-hydrogen) atoms. The van der Waals surface area contributed by atoms with E-state index in [4.69, 9.17) is 10.5 Å². The van der Waals surface area contributed by atoms with Crippen LogP contribution in [0.25, 0.3) is 0 Å². The summed E-state index contributed by atoms with van der Waals surface area (Å²) in [4.78, 5) is 3.18. The van der Waals surface area contributed by atoms with E-state index in [1.165, 1.54) is 18.1 Å². The number of nitrogens with zero attached hydrogens (tertiary/aromatic N) is 2. The summed E-state index contributed by atoms with van der Waals surface area (Å²) in [5.74, 6) is -0.494. The maximum atomic E-state index is 13.5. The number of rotatable bonds is 3. The molecule has 1 heterocycles. The van der Waals surface area contributed by atoms with Gasteiger partial charge in [-0.2, -0.15) is 13.2 Å². The Morgan fingerprint density at radius 2 is 1.81 bits per heavy atom. The molecule has 0 aliphatic carbocycles.